The summed E-state index contributed by atoms with van der Waals surface area (Å²) in [6.07, 6.45) is 4.26. The van der Waals surface area contributed by atoms with E-state index in [0.29, 0.717) is 31.4 Å². The van der Waals surface area contributed by atoms with Crippen molar-refractivity contribution >= 4 is 23.7 Å². The molecule has 3 amide bonds. The molecule has 0 spiro atoms. The summed E-state index contributed by atoms with van der Waals surface area (Å²) in [4.78, 5) is 48.0. The monoisotopic (exact) mass is 513 g/mol. The van der Waals surface area contributed by atoms with Gasteiger partial charge in [-0.15, -0.1) is 0 Å². The molecule has 2 atom stereocenters. The molecule has 2 fully saturated rings. The summed E-state index contributed by atoms with van der Waals surface area (Å²) in [5.74, 6) is 0.0808. The zero-order chi connectivity index (χ0) is 27.0. The normalized spacial score (nSPS) is 19.2. The number of nitrogens with zero attached hydrogens (tertiary/aromatic N) is 5. The molecule has 0 bridgehead atoms. The smallest absolute Gasteiger partial charge is 0.408 e. The lowest BCUT2D eigenvalue weighted by atomic mass is 10.1. The minimum Gasteiger partial charge on any atom is -0.444 e. The largest absolute Gasteiger partial charge is 0.444 e. The first-order chi connectivity index (χ1) is 17.6. The van der Waals surface area contributed by atoms with Gasteiger partial charge in [0.2, 0.25) is 11.8 Å². The van der Waals surface area contributed by atoms with Crippen molar-refractivity contribution < 1.29 is 19.1 Å². The standard InChI is InChI=1S/C26H39N7O4/c1-26(2,3)37-25(36)30-20(24(35)33-12-6-8-21(33)23(28)34)7-4-5-11-31-13-15-32(16-14-31)22-10-9-19(17-27)18-29-22/h9-10,18,20-21H,4-8,11-16H2,1-3H3,(H2,28,34)(H,30,36)/t20-,21-/m0/s1. The number of primary amides is 1. The van der Waals surface area contributed by atoms with Gasteiger partial charge >= 0.3 is 6.09 Å². The van der Waals surface area contributed by atoms with E-state index in [1.165, 1.54) is 4.90 Å². The molecule has 0 radical (unpaired) electrons. The van der Waals surface area contributed by atoms with Gasteiger partial charge in [0, 0.05) is 38.9 Å². The number of alkyl carbamates (subject to hydrolysis) is 1. The quantitative estimate of drug-likeness (QED) is 0.474. The maximum atomic E-state index is 13.3. The molecule has 3 heterocycles. The Morgan fingerprint density at radius 3 is 2.51 bits per heavy atom. The van der Waals surface area contributed by atoms with E-state index < -0.39 is 29.7 Å². The lowest BCUT2D eigenvalue weighted by molar-refractivity contribution is -0.139. The Morgan fingerprint density at radius 2 is 1.92 bits per heavy atom. The highest BCUT2D eigenvalue weighted by molar-refractivity contribution is 5.91. The number of nitrogens with one attached hydrogen (secondary N) is 1. The van der Waals surface area contributed by atoms with Crippen LogP contribution in [0.2, 0.25) is 0 Å². The lowest BCUT2D eigenvalue weighted by Crippen LogP contribution is -2.53. The van der Waals surface area contributed by atoms with E-state index in [2.05, 4.69) is 26.2 Å². The van der Waals surface area contributed by atoms with Crippen molar-refractivity contribution in [3.05, 3.63) is 23.9 Å². The van der Waals surface area contributed by atoms with E-state index in [-0.39, 0.29) is 5.91 Å². The Morgan fingerprint density at radius 1 is 1.19 bits per heavy atom. The van der Waals surface area contributed by atoms with Gasteiger partial charge in [-0.3, -0.25) is 14.5 Å². The number of nitrogens with two attached hydrogens (primary N) is 1. The van der Waals surface area contributed by atoms with E-state index in [1.54, 1.807) is 33.0 Å². The molecule has 202 valence electrons. The molecule has 2 aliphatic heterocycles. The summed E-state index contributed by atoms with van der Waals surface area (Å²) in [5, 5.41) is 11.7. The SMILES string of the molecule is CC(C)(C)OC(=O)N[C@@H](CCCCN1CCN(c2ccc(C#N)cn2)CC1)C(=O)N1CCC[C@H]1C(N)=O. The maximum absolute atomic E-state index is 13.3. The number of pyridine rings is 1. The minimum absolute atomic E-state index is 0.282. The lowest BCUT2D eigenvalue weighted by Gasteiger charge is -2.35. The zero-order valence-corrected chi connectivity index (χ0v) is 22.1. The molecule has 2 saturated heterocycles. The van der Waals surface area contributed by atoms with Crippen molar-refractivity contribution in [1.82, 2.24) is 20.1 Å². The van der Waals surface area contributed by atoms with Crippen molar-refractivity contribution in [1.29, 1.82) is 5.26 Å². The van der Waals surface area contributed by atoms with Crippen LogP contribution in [0, 0.1) is 11.3 Å². The summed E-state index contributed by atoms with van der Waals surface area (Å²) < 4.78 is 5.37. The molecule has 3 rings (SSSR count). The Kier molecular flexibility index (Phi) is 9.69. The first-order valence-electron chi connectivity index (χ1n) is 13.0. The maximum Gasteiger partial charge on any atom is 0.408 e. The number of hydrogen-bond acceptors (Lipinski definition) is 8. The van der Waals surface area contributed by atoms with E-state index in [9.17, 15) is 14.4 Å². The van der Waals surface area contributed by atoms with Crippen LogP contribution in [0.25, 0.3) is 0 Å². The fourth-order valence-electron chi connectivity index (χ4n) is 4.76. The van der Waals surface area contributed by atoms with Gasteiger partial charge in [0.05, 0.1) is 5.56 Å². The second-order valence-corrected chi connectivity index (χ2v) is 10.6. The summed E-state index contributed by atoms with van der Waals surface area (Å²) >= 11 is 0. The molecule has 0 aromatic carbocycles. The third kappa shape index (κ3) is 8.32. The number of piperazine rings is 1. The number of rotatable bonds is 9. The molecule has 1 aromatic heterocycles. The summed E-state index contributed by atoms with van der Waals surface area (Å²) in [6, 6.07) is 4.35. The second-order valence-electron chi connectivity index (χ2n) is 10.6. The molecular weight excluding hydrogens is 474 g/mol. The average Bonchev–Trinajstić information content (AvgIpc) is 3.35. The number of likely N-dealkylation sites (tertiary alicyclic amines) is 1. The molecular formula is C26H39N7O4. The number of ether oxygens (including phenoxy) is 1. The number of nitriles is 1. The second kappa shape index (κ2) is 12.7. The van der Waals surface area contributed by atoms with Crippen LogP contribution in [0.4, 0.5) is 10.6 Å². The van der Waals surface area contributed by atoms with Crippen LogP contribution in [-0.4, -0.2) is 89.6 Å². The molecule has 11 heteroatoms. The third-order valence-corrected chi connectivity index (χ3v) is 6.64. The van der Waals surface area contributed by atoms with Gasteiger partial charge in [-0.05, 0) is 71.6 Å². The zero-order valence-electron chi connectivity index (χ0n) is 22.1. The third-order valence-electron chi connectivity index (χ3n) is 6.64. The van der Waals surface area contributed by atoms with Gasteiger partial charge in [0.1, 0.15) is 29.6 Å². The number of unbranched alkanes of at least 4 members (excludes halogenated alkanes) is 1. The van der Waals surface area contributed by atoms with E-state index in [1.807, 2.05) is 6.07 Å². The first kappa shape index (κ1) is 28.2. The Hall–Kier alpha value is -3.39. The van der Waals surface area contributed by atoms with Gasteiger partial charge in [-0.1, -0.05) is 0 Å². The number of carbonyl (C=O) groups is 3. The van der Waals surface area contributed by atoms with Crippen molar-refractivity contribution in [2.45, 2.75) is 70.6 Å². The highest BCUT2D eigenvalue weighted by Gasteiger charge is 2.37. The first-order valence-corrected chi connectivity index (χ1v) is 13.0. The molecule has 2 aliphatic rings. The molecule has 1 aromatic rings. The van der Waals surface area contributed by atoms with Crippen molar-refractivity contribution in [2.24, 2.45) is 5.73 Å². The molecule has 0 saturated carbocycles. The van der Waals surface area contributed by atoms with E-state index >= 15 is 0 Å². The van der Waals surface area contributed by atoms with Crippen LogP contribution in [0.3, 0.4) is 0 Å². The van der Waals surface area contributed by atoms with Gasteiger partial charge in [0.25, 0.3) is 0 Å². The molecule has 3 N–H and O–H groups in total. The highest BCUT2D eigenvalue weighted by Crippen LogP contribution is 2.20. The number of carbonyl (C=O) groups excluding carboxylic acids is 3. The number of amides is 3. The van der Waals surface area contributed by atoms with Crippen LogP contribution in [0.15, 0.2) is 18.3 Å². The van der Waals surface area contributed by atoms with Crippen LogP contribution in [0.5, 0.6) is 0 Å². The van der Waals surface area contributed by atoms with E-state index in [0.717, 1.165) is 51.4 Å². The summed E-state index contributed by atoms with van der Waals surface area (Å²) in [7, 11) is 0. The average molecular weight is 514 g/mol. The number of aromatic nitrogens is 1. The summed E-state index contributed by atoms with van der Waals surface area (Å²) in [5.41, 5.74) is 5.37. The highest BCUT2D eigenvalue weighted by atomic mass is 16.6. The van der Waals surface area contributed by atoms with Gasteiger partial charge in [-0.25, -0.2) is 9.78 Å². The molecule has 0 unspecified atom stereocenters. The molecule has 11 nitrogen and oxygen atoms in total. The number of hydrogen-bond donors (Lipinski definition) is 2. The van der Waals surface area contributed by atoms with Crippen LogP contribution >= 0.6 is 0 Å². The van der Waals surface area contributed by atoms with E-state index in [4.69, 9.17) is 15.7 Å². The van der Waals surface area contributed by atoms with Crippen molar-refractivity contribution in [3.63, 3.8) is 0 Å². The van der Waals surface area contributed by atoms with Gasteiger partial charge in [0.15, 0.2) is 0 Å². The molecule has 37 heavy (non-hydrogen) atoms. The van der Waals surface area contributed by atoms with Gasteiger partial charge in [-0.2, -0.15) is 5.26 Å². The fraction of sp³-hybridized carbons (Fsp3) is 0.654. The van der Waals surface area contributed by atoms with Crippen molar-refractivity contribution in [3.8, 4) is 6.07 Å². The predicted molar refractivity (Wildman–Crippen MR) is 139 cm³/mol. The Balaban J connectivity index is 1.49. The van der Waals surface area contributed by atoms with Crippen LogP contribution in [-0.2, 0) is 14.3 Å². The predicted octanol–water partition coefficient (Wildman–Crippen LogP) is 1.62. The molecule has 0 aliphatic carbocycles. The topological polar surface area (TPSA) is 145 Å². The summed E-state index contributed by atoms with van der Waals surface area (Å²) in [6.45, 7) is 10.1. The van der Waals surface area contributed by atoms with Gasteiger partial charge < -0.3 is 25.6 Å². The van der Waals surface area contributed by atoms with Crippen molar-refractivity contribution in [2.75, 3.05) is 44.2 Å². The van der Waals surface area contributed by atoms with Crippen LogP contribution in [0.1, 0.15) is 58.4 Å². The Bertz CT molecular complexity index is 978. The van der Waals surface area contributed by atoms with Crippen LogP contribution < -0.4 is 16.0 Å². The fourth-order valence-corrected chi connectivity index (χ4v) is 4.76. The minimum atomic E-state index is -0.769. The number of anilines is 1. The Labute approximate surface area is 218 Å².